The molecule has 3 aromatic rings. The molecular weight excluding hydrogens is 316 g/mol. The summed E-state index contributed by atoms with van der Waals surface area (Å²) in [4.78, 5) is 23.2. The number of rotatable bonds is 4. The number of nitrogens with zero attached hydrogens (tertiary/aromatic N) is 1. The standard InChI is InChI=1S/C19H18N4O2/c1-14(24)20-16-5-4-6-17(13-16)22-19(25)21-15-7-9-18(10-8-15)23-11-2-3-12-23/h2-13H,1H3,(H,20,24)(H2,21,22,25). The summed E-state index contributed by atoms with van der Waals surface area (Å²) in [6.07, 6.45) is 3.91. The van der Waals surface area contributed by atoms with Crippen molar-refractivity contribution in [3.05, 3.63) is 73.1 Å². The molecule has 3 rings (SSSR count). The number of anilines is 3. The van der Waals surface area contributed by atoms with E-state index in [1.54, 1.807) is 24.3 Å². The van der Waals surface area contributed by atoms with Gasteiger partial charge in [0.15, 0.2) is 0 Å². The summed E-state index contributed by atoms with van der Waals surface area (Å²) in [5.74, 6) is -0.163. The van der Waals surface area contributed by atoms with E-state index in [1.807, 2.05) is 53.4 Å². The zero-order valence-electron chi connectivity index (χ0n) is 13.7. The Morgan fingerprint density at radius 3 is 2.00 bits per heavy atom. The van der Waals surface area contributed by atoms with Crippen molar-refractivity contribution in [2.24, 2.45) is 0 Å². The highest BCUT2D eigenvalue weighted by molar-refractivity contribution is 6.00. The first-order chi connectivity index (χ1) is 12.1. The topological polar surface area (TPSA) is 75.2 Å². The third kappa shape index (κ3) is 4.48. The number of hydrogen-bond acceptors (Lipinski definition) is 2. The average molecular weight is 334 g/mol. The van der Waals surface area contributed by atoms with Crippen LogP contribution in [-0.2, 0) is 4.79 Å². The molecule has 2 aromatic carbocycles. The molecule has 0 aliphatic carbocycles. The third-order valence-electron chi connectivity index (χ3n) is 3.47. The molecule has 0 radical (unpaired) electrons. The van der Waals surface area contributed by atoms with E-state index in [0.29, 0.717) is 17.1 Å². The van der Waals surface area contributed by atoms with Gasteiger partial charge in [0.05, 0.1) is 0 Å². The predicted octanol–water partition coefficient (Wildman–Crippen LogP) is 4.08. The van der Waals surface area contributed by atoms with Gasteiger partial charge in [0.1, 0.15) is 0 Å². The monoisotopic (exact) mass is 334 g/mol. The van der Waals surface area contributed by atoms with Crippen LogP contribution in [0.1, 0.15) is 6.92 Å². The fraction of sp³-hybridized carbons (Fsp3) is 0.0526. The Labute approximate surface area is 145 Å². The molecule has 3 amide bonds. The van der Waals surface area contributed by atoms with Crippen molar-refractivity contribution < 1.29 is 9.59 Å². The van der Waals surface area contributed by atoms with E-state index in [2.05, 4.69) is 16.0 Å². The van der Waals surface area contributed by atoms with Crippen LogP contribution in [0.25, 0.3) is 5.69 Å². The van der Waals surface area contributed by atoms with E-state index in [4.69, 9.17) is 0 Å². The molecule has 3 N–H and O–H groups in total. The summed E-state index contributed by atoms with van der Waals surface area (Å²) in [6, 6.07) is 18.0. The summed E-state index contributed by atoms with van der Waals surface area (Å²) in [5.41, 5.74) is 2.92. The number of carbonyl (C=O) groups is 2. The lowest BCUT2D eigenvalue weighted by Gasteiger charge is -2.10. The Bertz CT molecular complexity index is 871. The Kier molecular flexibility index (Phi) is 4.80. The molecule has 0 spiro atoms. The molecule has 0 aliphatic rings. The van der Waals surface area contributed by atoms with Gasteiger partial charge in [-0.1, -0.05) is 6.07 Å². The number of carbonyl (C=O) groups excluding carboxylic acids is 2. The van der Waals surface area contributed by atoms with Crippen molar-refractivity contribution in [2.45, 2.75) is 6.92 Å². The summed E-state index contributed by atoms with van der Waals surface area (Å²) in [6.45, 7) is 1.43. The van der Waals surface area contributed by atoms with Crippen molar-refractivity contribution in [3.8, 4) is 5.69 Å². The van der Waals surface area contributed by atoms with Crippen LogP contribution in [0.3, 0.4) is 0 Å². The minimum Gasteiger partial charge on any atom is -0.326 e. The van der Waals surface area contributed by atoms with E-state index < -0.39 is 0 Å². The second kappa shape index (κ2) is 7.35. The number of hydrogen-bond donors (Lipinski definition) is 3. The van der Waals surface area contributed by atoms with Crippen molar-refractivity contribution in [3.63, 3.8) is 0 Å². The van der Waals surface area contributed by atoms with Gasteiger partial charge in [-0.05, 0) is 54.6 Å². The molecule has 126 valence electrons. The van der Waals surface area contributed by atoms with Crippen LogP contribution in [0.15, 0.2) is 73.1 Å². The summed E-state index contributed by atoms with van der Waals surface area (Å²) in [5, 5.41) is 8.19. The van der Waals surface area contributed by atoms with Crippen molar-refractivity contribution in [2.75, 3.05) is 16.0 Å². The quantitative estimate of drug-likeness (QED) is 0.672. The zero-order chi connectivity index (χ0) is 17.6. The van der Waals surface area contributed by atoms with Crippen LogP contribution < -0.4 is 16.0 Å². The second-order valence-electron chi connectivity index (χ2n) is 5.48. The number of urea groups is 1. The molecule has 0 saturated carbocycles. The highest BCUT2D eigenvalue weighted by Gasteiger charge is 2.04. The summed E-state index contributed by atoms with van der Waals surface area (Å²) < 4.78 is 1.98. The molecule has 6 heteroatoms. The lowest BCUT2D eigenvalue weighted by atomic mass is 10.2. The number of benzene rings is 2. The van der Waals surface area contributed by atoms with E-state index in [-0.39, 0.29) is 11.9 Å². The van der Waals surface area contributed by atoms with Gasteiger partial charge in [-0.25, -0.2) is 4.79 Å². The Morgan fingerprint density at radius 2 is 1.36 bits per heavy atom. The minimum atomic E-state index is -0.353. The molecule has 0 fully saturated rings. The van der Waals surface area contributed by atoms with E-state index >= 15 is 0 Å². The van der Waals surface area contributed by atoms with Crippen LogP contribution in [0, 0.1) is 0 Å². The first kappa shape index (κ1) is 16.3. The smallest absolute Gasteiger partial charge is 0.323 e. The van der Waals surface area contributed by atoms with Crippen LogP contribution in [0.5, 0.6) is 0 Å². The zero-order valence-corrected chi connectivity index (χ0v) is 13.7. The average Bonchev–Trinajstić information content (AvgIpc) is 3.09. The molecule has 6 nitrogen and oxygen atoms in total. The van der Waals surface area contributed by atoms with Crippen LogP contribution in [0.4, 0.5) is 21.9 Å². The molecule has 1 aromatic heterocycles. The van der Waals surface area contributed by atoms with E-state index in [1.165, 1.54) is 6.92 Å². The number of aromatic nitrogens is 1. The number of nitrogens with one attached hydrogen (secondary N) is 3. The van der Waals surface area contributed by atoms with Gasteiger partial charge in [0.2, 0.25) is 5.91 Å². The second-order valence-corrected chi connectivity index (χ2v) is 5.48. The van der Waals surface area contributed by atoms with Gasteiger partial charge in [-0.2, -0.15) is 0 Å². The van der Waals surface area contributed by atoms with E-state index in [0.717, 1.165) is 5.69 Å². The third-order valence-corrected chi connectivity index (χ3v) is 3.47. The van der Waals surface area contributed by atoms with Gasteiger partial charge < -0.3 is 20.5 Å². The molecule has 1 heterocycles. The maximum Gasteiger partial charge on any atom is 0.323 e. The molecule has 0 saturated heterocycles. The maximum absolute atomic E-state index is 12.1. The van der Waals surface area contributed by atoms with Crippen molar-refractivity contribution in [1.29, 1.82) is 0 Å². The normalized spacial score (nSPS) is 10.1. The molecule has 25 heavy (non-hydrogen) atoms. The SMILES string of the molecule is CC(=O)Nc1cccc(NC(=O)Nc2ccc(-n3cccc3)cc2)c1. The largest absolute Gasteiger partial charge is 0.326 e. The first-order valence-electron chi connectivity index (χ1n) is 7.79. The van der Waals surface area contributed by atoms with Gasteiger partial charge in [-0.15, -0.1) is 0 Å². The van der Waals surface area contributed by atoms with Crippen LogP contribution in [0.2, 0.25) is 0 Å². The van der Waals surface area contributed by atoms with Gasteiger partial charge >= 0.3 is 6.03 Å². The molecule has 0 unspecified atom stereocenters. The van der Waals surface area contributed by atoms with Gasteiger partial charge in [-0.3, -0.25) is 4.79 Å². The lowest BCUT2D eigenvalue weighted by molar-refractivity contribution is -0.114. The first-order valence-corrected chi connectivity index (χ1v) is 7.79. The van der Waals surface area contributed by atoms with Crippen LogP contribution >= 0.6 is 0 Å². The number of amides is 3. The fourth-order valence-electron chi connectivity index (χ4n) is 2.39. The van der Waals surface area contributed by atoms with Crippen molar-refractivity contribution >= 4 is 29.0 Å². The minimum absolute atomic E-state index is 0.163. The maximum atomic E-state index is 12.1. The lowest BCUT2D eigenvalue weighted by Crippen LogP contribution is -2.19. The summed E-state index contributed by atoms with van der Waals surface area (Å²) in [7, 11) is 0. The van der Waals surface area contributed by atoms with Gasteiger partial charge in [0, 0.05) is 42.1 Å². The molecule has 0 aliphatic heterocycles. The molecular formula is C19H18N4O2. The summed E-state index contributed by atoms with van der Waals surface area (Å²) >= 11 is 0. The predicted molar refractivity (Wildman–Crippen MR) is 99.2 cm³/mol. The van der Waals surface area contributed by atoms with Crippen LogP contribution in [-0.4, -0.2) is 16.5 Å². The molecule has 0 bridgehead atoms. The Hall–Kier alpha value is -3.54. The Balaban J connectivity index is 1.62. The van der Waals surface area contributed by atoms with Crippen molar-refractivity contribution in [1.82, 2.24) is 4.57 Å². The van der Waals surface area contributed by atoms with Gasteiger partial charge in [0.25, 0.3) is 0 Å². The highest BCUT2D eigenvalue weighted by Crippen LogP contribution is 2.17. The molecule has 0 atom stereocenters. The highest BCUT2D eigenvalue weighted by atomic mass is 16.2. The Morgan fingerprint density at radius 1 is 0.760 bits per heavy atom. The fourth-order valence-corrected chi connectivity index (χ4v) is 2.39. The van der Waals surface area contributed by atoms with E-state index in [9.17, 15) is 9.59 Å².